The van der Waals surface area contributed by atoms with Crippen molar-refractivity contribution in [2.45, 2.75) is 18.4 Å². The molecule has 28 heavy (non-hydrogen) atoms. The molecule has 1 N–H and O–H groups in total. The number of para-hydroxylation sites is 1. The number of aromatic nitrogens is 1. The lowest BCUT2D eigenvalue weighted by Gasteiger charge is -2.34. The monoisotopic (exact) mass is 397 g/mol. The molecule has 146 valence electrons. The van der Waals surface area contributed by atoms with Gasteiger partial charge < -0.3 is 4.98 Å². The number of fused-ring (bicyclic) bond motifs is 1. The second-order valence-electron chi connectivity index (χ2n) is 7.12. The van der Waals surface area contributed by atoms with Crippen LogP contribution in [0.2, 0.25) is 0 Å². The molecule has 1 aromatic heterocycles. The van der Waals surface area contributed by atoms with E-state index in [0.29, 0.717) is 31.7 Å². The first-order valence-corrected chi connectivity index (χ1v) is 10.8. The zero-order valence-corrected chi connectivity index (χ0v) is 16.6. The van der Waals surface area contributed by atoms with E-state index in [9.17, 15) is 13.2 Å². The first-order valence-electron chi connectivity index (χ1n) is 9.33. The number of hydrogen-bond acceptors (Lipinski definition) is 4. The van der Waals surface area contributed by atoms with Gasteiger partial charge in [0.15, 0.2) is 5.78 Å². The number of piperazine rings is 1. The maximum absolute atomic E-state index is 13.0. The highest BCUT2D eigenvalue weighted by molar-refractivity contribution is 7.89. The number of aromatic amines is 1. The molecule has 0 bridgehead atoms. The second kappa shape index (κ2) is 7.50. The van der Waals surface area contributed by atoms with E-state index < -0.39 is 10.0 Å². The minimum atomic E-state index is -3.59. The van der Waals surface area contributed by atoms with Crippen molar-refractivity contribution in [1.82, 2.24) is 14.2 Å². The number of hydrogen-bond donors (Lipinski definition) is 1. The van der Waals surface area contributed by atoms with Crippen molar-refractivity contribution in [2.24, 2.45) is 0 Å². The maximum atomic E-state index is 13.0. The van der Waals surface area contributed by atoms with Crippen LogP contribution in [0, 0.1) is 0 Å². The maximum Gasteiger partial charge on any atom is 0.243 e. The minimum Gasteiger partial charge on any atom is -0.361 e. The Morgan fingerprint density at radius 2 is 1.79 bits per heavy atom. The standard InChI is InChI=1S/C21H23N3O3S/c1-16(25)17-5-4-6-19(13-17)28(26,27)24-11-9-23(10-12-24)15-18-14-22-21-8-3-2-7-20(18)21/h2-8,13-14,22H,9-12,15H2,1H3. The van der Waals surface area contributed by atoms with Gasteiger partial charge in [-0.3, -0.25) is 9.69 Å². The van der Waals surface area contributed by atoms with E-state index in [-0.39, 0.29) is 10.7 Å². The lowest BCUT2D eigenvalue weighted by atomic mass is 10.1. The Kier molecular flexibility index (Phi) is 5.05. The Morgan fingerprint density at radius 1 is 1.04 bits per heavy atom. The molecule has 2 aromatic carbocycles. The molecule has 1 aliphatic rings. The summed E-state index contributed by atoms with van der Waals surface area (Å²) in [7, 11) is -3.59. The highest BCUT2D eigenvalue weighted by Gasteiger charge is 2.29. The molecule has 0 aliphatic carbocycles. The highest BCUT2D eigenvalue weighted by Crippen LogP contribution is 2.22. The molecule has 1 saturated heterocycles. The van der Waals surface area contributed by atoms with Gasteiger partial charge in [-0.1, -0.05) is 30.3 Å². The van der Waals surface area contributed by atoms with Crippen LogP contribution in [0.25, 0.3) is 10.9 Å². The van der Waals surface area contributed by atoms with Gasteiger partial charge in [0.1, 0.15) is 0 Å². The molecule has 0 spiro atoms. The average molecular weight is 398 g/mol. The minimum absolute atomic E-state index is 0.138. The van der Waals surface area contributed by atoms with Gasteiger partial charge in [-0.25, -0.2) is 8.42 Å². The number of carbonyl (C=O) groups excluding carboxylic acids is 1. The van der Waals surface area contributed by atoms with Crippen LogP contribution in [0.1, 0.15) is 22.8 Å². The van der Waals surface area contributed by atoms with E-state index in [0.717, 1.165) is 12.1 Å². The van der Waals surface area contributed by atoms with Gasteiger partial charge in [0.25, 0.3) is 0 Å². The zero-order valence-electron chi connectivity index (χ0n) is 15.8. The Morgan fingerprint density at radius 3 is 2.54 bits per heavy atom. The summed E-state index contributed by atoms with van der Waals surface area (Å²) < 4.78 is 27.4. The predicted molar refractivity (Wildman–Crippen MR) is 109 cm³/mol. The molecule has 0 saturated carbocycles. The van der Waals surface area contributed by atoms with Crippen molar-refractivity contribution < 1.29 is 13.2 Å². The molecular weight excluding hydrogens is 374 g/mol. The van der Waals surface area contributed by atoms with Gasteiger partial charge in [0, 0.05) is 55.4 Å². The molecule has 1 fully saturated rings. The van der Waals surface area contributed by atoms with Gasteiger partial charge in [0.2, 0.25) is 10.0 Å². The summed E-state index contributed by atoms with van der Waals surface area (Å²) in [5, 5.41) is 1.21. The number of rotatable bonds is 5. The number of benzene rings is 2. The van der Waals surface area contributed by atoms with Gasteiger partial charge in [-0.05, 0) is 30.7 Å². The van der Waals surface area contributed by atoms with Crippen LogP contribution >= 0.6 is 0 Å². The quantitative estimate of drug-likeness (QED) is 0.672. The first kappa shape index (κ1) is 18.9. The SMILES string of the molecule is CC(=O)c1cccc(S(=O)(=O)N2CCN(Cc3c[nH]c4ccccc34)CC2)c1. The fourth-order valence-electron chi connectivity index (χ4n) is 3.66. The van der Waals surface area contributed by atoms with Crippen molar-refractivity contribution >= 4 is 26.7 Å². The molecule has 1 aliphatic heterocycles. The molecule has 0 radical (unpaired) electrons. The van der Waals surface area contributed by atoms with Gasteiger partial charge in [-0.15, -0.1) is 0 Å². The number of Topliss-reactive ketones (excluding diaryl/α,β-unsaturated/α-hetero) is 1. The fraction of sp³-hybridized carbons (Fsp3) is 0.286. The Labute approximate surface area is 164 Å². The summed E-state index contributed by atoms with van der Waals surface area (Å²) in [6, 6.07) is 14.5. The van der Waals surface area contributed by atoms with Crippen LogP contribution in [0.15, 0.2) is 59.6 Å². The summed E-state index contributed by atoms with van der Waals surface area (Å²) in [5.41, 5.74) is 2.75. The van der Waals surface area contributed by atoms with Crippen molar-refractivity contribution in [3.05, 3.63) is 65.9 Å². The topological polar surface area (TPSA) is 73.5 Å². The van der Waals surface area contributed by atoms with Crippen LogP contribution in [0.3, 0.4) is 0 Å². The Bertz CT molecular complexity index is 1110. The zero-order chi connectivity index (χ0) is 19.7. The smallest absolute Gasteiger partial charge is 0.243 e. The second-order valence-corrected chi connectivity index (χ2v) is 9.06. The van der Waals surface area contributed by atoms with Crippen molar-refractivity contribution in [3.8, 4) is 0 Å². The molecule has 0 atom stereocenters. The van der Waals surface area contributed by atoms with E-state index in [4.69, 9.17) is 0 Å². The van der Waals surface area contributed by atoms with Gasteiger partial charge >= 0.3 is 0 Å². The average Bonchev–Trinajstić information content (AvgIpc) is 3.11. The molecule has 3 aromatic rings. The number of sulfonamides is 1. The summed E-state index contributed by atoms with van der Waals surface area (Å²) >= 11 is 0. The number of carbonyl (C=O) groups is 1. The largest absolute Gasteiger partial charge is 0.361 e. The van der Waals surface area contributed by atoms with Crippen LogP contribution in [-0.4, -0.2) is 54.6 Å². The third-order valence-corrected chi connectivity index (χ3v) is 7.17. The molecular formula is C21H23N3O3S. The molecule has 0 unspecified atom stereocenters. The Hall–Kier alpha value is -2.48. The molecule has 4 rings (SSSR count). The third-order valence-electron chi connectivity index (χ3n) is 5.28. The van der Waals surface area contributed by atoms with Crippen LogP contribution < -0.4 is 0 Å². The van der Waals surface area contributed by atoms with Crippen molar-refractivity contribution in [2.75, 3.05) is 26.2 Å². The molecule has 0 amide bonds. The lowest BCUT2D eigenvalue weighted by Crippen LogP contribution is -2.48. The molecule has 7 heteroatoms. The van der Waals surface area contributed by atoms with Crippen LogP contribution in [0.5, 0.6) is 0 Å². The third kappa shape index (κ3) is 3.61. The number of H-pyrrole nitrogens is 1. The summed E-state index contributed by atoms with van der Waals surface area (Å²) in [6.07, 6.45) is 2.03. The summed E-state index contributed by atoms with van der Waals surface area (Å²) in [5.74, 6) is -0.138. The Balaban J connectivity index is 1.45. The van der Waals surface area contributed by atoms with Crippen LogP contribution in [0.4, 0.5) is 0 Å². The fourth-order valence-corrected chi connectivity index (χ4v) is 5.12. The normalized spacial score (nSPS) is 16.5. The van der Waals surface area contributed by atoms with Gasteiger partial charge in [0.05, 0.1) is 4.90 Å². The lowest BCUT2D eigenvalue weighted by molar-refractivity contribution is 0.101. The van der Waals surface area contributed by atoms with E-state index in [2.05, 4.69) is 22.0 Å². The molecule has 6 nitrogen and oxygen atoms in total. The van der Waals surface area contributed by atoms with E-state index in [1.54, 1.807) is 18.2 Å². The predicted octanol–water partition coefficient (Wildman–Crippen LogP) is 2.88. The van der Waals surface area contributed by atoms with E-state index in [1.807, 2.05) is 18.3 Å². The highest BCUT2D eigenvalue weighted by atomic mass is 32.2. The van der Waals surface area contributed by atoms with Crippen LogP contribution in [-0.2, 0) is 16.6 Å². The summed E-state index contributed by atoms with van der Waals surface area (Å²) in [6.45, 7) is 4.45. The van der Waals surface area contributed by atoms with Gasteiger partial charge in [-0.2, -0.15) is 4.31 Å². The van der Waals surface area contributed by atoms with Crippen molar-refractivity contribution in [3.63, 3.8) is 0 Å². The number of nitrogens with zero attached hydrogens (tertiary/aromatic N) is 2. The summed E-state index contributed by atoms with van der Waals surface area (Å²) in [4.78, 5) is 17.3. The number of nitrogens with one attached hydrogen (secondary N) is 1. The van der Waals surface area contributed by atoms with Crippen molar-refractivity contribution in [1.29, 1.82) is 0 Å². The number of ketones is 1. The molecule has 2 heterocycles. The first-order chi connectivity index (χ1) is 13.4. The van der Waals surface area contributed by atoms with E-state index in [1.165, 1.54) is 28.2 Å². The van der Waals surface area contributed by atoms with E-state index >= 15 is 0 Å².